The molecule has 2 amide bonds. The van der Waals surface area contributed by atoms with E-state index in [0.29, 0.717) is 38.3 Å². The Labute approximate surface area is 216 Å². The average Bonchev–Trinajstić information content (AvgIpc) is 3.20. The number of hydrogen-bond donors (Lipinski definition) is 2. The molecular formula is C23H20Cl3N5O2S. The summed E-state index contributed by atoms with van der Waals surface area (Å²) < 4.78 is 1.78. The van der Waals surface area contributed by atoms with Crippen LogP contribution in [0.5, 0.6) is 0 Å². The highest BCUT2D eigenvalue weighted by Gasteiger charge is 2.14. The lowest BCUT2D eigenvalue weighted by atomic mass is 10.2. The van der Waals surface area contributed by atoms with E-state index in [1.165, 1.54) is 17.8 Å². The molecule has 176 valence electrons. The number of aromatic nitrogens is 3. The first-order chi connectivity index (χ1) is 16.4. The fraction of sp³-hybridized carbons (Fsp3) is 0.130. The van der Waals surface area contributed by atoms with Gasteiger partial charge in [0, 0.05) is 23.3 Å². The second kappa shape index (κ2) is 12.6. The van der Waals surface area contributed by atoms with Crippen molar-refractivity contribution in [1.29, 1.82) is 0 Å². The van der Waals surface area contributed by atoms with E-state index < -0.39 is 0 Å². The van der Waals surface area contributed by atoms with E-state index in [9.17, 15) is 9.59 Å². The molecule has 1 aromatic heterocycles. The van der Waals surface area contributed by atoms with Crippen LogP contribution in [0.4, 0.5) is 5.69 Å². The lowest BCUT2D eigenvalue weighted by Crippen LogP contribution is -2.23. The van der Waals surface area contributed by atoms with Crippen molar-refractivity contribution in [3.8, 4) is 0 Å². The number of anilines is 1. The third-order valence-electron chi connectivity index (χ3n) is 4.38. The van der Waals surface area contributed by atoms with Crippen molar-refractivity contribution in [1.82, 2.24) is 20.1 Å². The molecule has 11 heteroatoms. The quantitative estimate of drug-likeness (QED) is 0.203. The molecule has 7 nitrogen and oxygen atoms in total. The summed E-state index contributed by atoms with van der Waals surface area (Å²) in [5.74, 6) is 0.0915. The summed E-state index contributed by atoms with van der Waals surface area (Å²) in [6, 6.07) is 12.1. The molecule has 0 aliphatic carbocycles. The maximum atomic E-state index is 12.3. The Hall–Kier alpha value is -2.78. The lowest BCUT2D eigenvalue weighted by molar-refractivity contribution is -0.116. The summed E-state index contributed by atoms with van der Waals surface area (Å²) >= 11 is 19.2. The summed E-state index contributed by atoms with van der Waals surface area (Å²) in [6.45, 7) is 4.33. The summed E-state index contributed by atoms with van der Waals surface area (Å²) in [4.78, 5) is 24.5. The van der Waals surface area contributed by atoms with Crippen LogP contribution in [0.25, 0.3) is 6.08 Å². The first-order valence-corrected chi connectivity index (χ1v) is 12.1. The zero-order valence-electron chi connectivity index (χ0n) is 17.8. The molecule has 0 bridgehead atoms. The molecule has 0 radical (unpaired) electrons. The Morgan fingerprint density at radius 3 is 2.59 bits per heavy atom. The van der Waals surface area contributed by atoms with Crippen LogP contribution in [-0.2, 0) is 22.7 Å². The molecule has 3 aromatic rings. The highest BCUT2D eigenvalue weighted by Crippen LogP contribution is 2.25. The second-order valence-corrected chi connectivity index (χ2v) is 9.00. The molecule has 0 aliphatic rings. The minimum absolute atomic E-state index is 0.0997. The topological polar surface area (TPSA) is 88.9 Å². The zero-order valence-corrected chi connectivity index (χ0v) is 20.9. The summed E-state index contributed by atoms with van der Waals surface area (Å²) in [7, 11) is 0. The fourth-order valence-corrected chi connectivity index (χ4v) is 4.03. The minimum atomic E-state index is -0.303. The average molecular weight is 537 g/mol. The van der Waals surface area contributed by atoms with Crippen molar-refractivity contribution < 1.29 is 9.59 Å². The molecule has 0 saturated heterocycles. The van der Waals surface area contributed by atoms with Crippen LogP contribution >= 0.6 is 46.6 Å². The van der Waals surface area contributed by atoms with Gasteiger partial charge in [-0.3, -0.25) is 9.59 Å². The monoisotopic (exact) mass is 535 g/mol. The molecule has 0 atom stereocenters. The van der Waals surface area contributed by atoms with Crippen LogP contribution in [0.15, 0.2) is 66.4 Å². The van der Waals surface area contributed by atoms with Crippen LogP contribution in [0.2, 0.25) is 15.1 Å². The third-order valence-corrected chi connectivity index (χ3v) is 6.43. The molecule has 0 unspecified atom stereocenters. The highest BCUT2D eigenvalue weighted by molar-refractivity contribution is 7.99. The molecule has 0 saturated carbocycles. The van der Waals surface area contributed by atoms with Crippen LogP contribution < -0.4 is 10.6 Å². The van der Waals surface area contributed by atoms with E-state index in [1.54, 1.807) is 41.0 Å². The summed E-state index contributed by atoms with van der Waals surface area (Å²) in [5, 5.41) is 15.7. The number of hydrogen-bond acceptors (Lipinski definition) is 5. The Bertz CT molecular complexity index is 1230. The highest BCUT2D eigenvalue weighted by atomic mass is 35.5. The number of nitrogens with zero attached hydrogens (tertiary/aromatic N) is 3. The predicted molar refractivity (Wildman–Crippen MR) is 138 cm³/mol. The number of carbonyl (C=O) groups is 2. The van der Waals surface area contributed by atoms with Gasteiger partial charge in [0.2, 0.25) is 11.8 Å². The third kappa shape index (κ3) is 7.36. The van der Waals surface area contributed by atoms with Crippen molar-refractivity contribution in [3.63, 3.8) is 0 Å². The van der Waals surface area contributed by atoms with Crippen LogP contribution in [0.1, 0.15) is 11.4 Å². The molecule has 34 heavy (non-hydrogen) atoms. The van der Waals surface area contributed by atoms with Crippen molar-refractivity contribution >= 4 is 70.1 Å². The van der Waals surface area contributed by atoms with Crippen molar-refractivity contribution in [2.24, 2.45) is 0 Å². The van der Waals surface area contributed by atoms with Crippen molar-refractivity contribution in [2.75, 3.05) is 11.1 Å². The Morgan fingerprint density at radius 1 is 1.06 bits per heavy atom. The Balaban J connectivity index is 1.57. The number of benzene rings is 2. The summed E-state index contributed by atoms with van der Waals surface area (Å²) in [6.07, 6.45) is 4.73. The van der Waals surface area contributed by atoms with Gasteiger partial charge in [0.15, 0.2) is 11.0 Å². The number of halogens is 3. The number of allylic oxidation sites excluding steroid dienone is 1. The molecule has 1 heterocycles. The number of amides is 2. The second-order valence-electron chi connectivity index (χ2n) is 6.84. The Kier molecular flexibility index (Phi) is 9.59. The number of carbonyl (C=O) groups excluding carboxylic acids is 2. The van der Waals surface area contributed by atoms with E-state index in [2.05, 4.69) is 27.4 Å². The smallest absolute Gasteiger partial charge is 0.244 e. The maximum Gasteiger partial charge on any atom is 0.244 e. The van der Waals surface area contributed by atoms with E-state index in [1.807, 2.05) is 18.2 Å². The van der Waals surface area contributed by atoms with Gasteiger partial charge >= 0.3 is 0 Å². The van der Waals surface area contributed by atoms with Gasteiger partial charge in [0.05, 0.1) is 22.3 Å². The normalized spacial score (nSPS) is 10.9. The van der Waals surface area contributed by atoms with Crippen LogP contribution in [-0.4, -0.2) is 32.3 Å². The van der Waals surface area contributed by atoms with Crippen molar-refractivity contribution in [3.05, 3.63) is 87.7 Å². The molecule has 3 rings (SSSR count). The molecular weight excluding hydrogens is 517 g/mol. The van der Waals surface area contributed by atoms with E-state index in [0.717, 1.165) is 5.56 Å². The van der Waals surface area contributed by atoms with Gasteiger partial charge in [0.25, 0.3) is 0 Å². The standard InChI is InChI=1S/C23H20Cl3N5O2S/c1-2-11-31-20(13-27-21(32)10-7-15-5-3-4-6-17(15)24)29-30-23(31)34-14-22(33)28-16-8-9-18(25)19(26)12-16/h2-10,12H,1,11,13-14H2,(H,27,32)(H,28,33). The van der Waals surface area contributed by atoms with Crippen molar-refractivity contribution in [2.45, 2.75) is 18.2 Å². The number of rotatable bonds is 10. The lowest BCUT2D eigenvalue weighted by Gasteiger charge is -2.09. The zero-order chi connectivity index (χ0) is 24.5. The molecule has 2 N–H and O–H groups in total. The van der Waals surface area contributed by atoms with Gasteiger partial charge in [-0.15, -0.1) is 16.8 Å². The van der Waals surface area contributed by atoms with Crippen LogP contribution in [0.3, 0.4) is 0 Å². The van der Waals surface area contributed by atoms with Gasteiger partial charge in [0.1, 0.15) is 0 Å². The van der Waals surface area contributed by atoms with Crippen LogP contribution in [0, 0.1) is 0 Å². The van der Waals surface area contributed by atoms with E-state index in [-0.39, 0.29) is 24.1 Å². The number of nitrogens with one attached hydrogen (secondary N) is 2. The maximum absolute atomic E-state index is 12.3. The van der Waals surface area contributed by atoms with E-state index in [4.69, 9.17) is 34.8 Å². The molecule has 0 aliphatic heterocycles. The summed E-state index contributed by atoms with van der Waals surface area (Å²) in [5.41, 5.74) is 1.28. The Morgan fingerprint density at radius 2 is 1.85 bits per heavy atom. The van der Waals surface area contributed by atoms with Gasteiger partial charge < -0.3 is 15.2 Å². The van der Waals surface area contributed by atoms with Gasteiger partial charge in [-0.2, -0.15) is 0 Å². The first kappa shape index (κ1) is 25.8. The molecule has 0 spiro atoms. The molecule has 2 aromatic carbocycles. The fourth-order valence-electron chi connectivity index (χ4n) is 2.77. The van der Waals surface area contributed by atoms with Gasteiger partial charge in [-0.1, -0.05) is 70.8 Å². The minimum Gasteiger partial charge on any atom is -0.345 e. The first-order valence-electron chi connectivity index (χ1n) is 9.98. The molecule has 0 fully saturated rings. The SMILES string of the molecule is C=CCn1c(CNC(=O)C=Cc2ccccc2Cl)nnc1SCC(=O)Nc1ccc(Cl)c(Cl)c1. The van der Waals surface area contributed by atoms with E-state index >= 15 is 0 Å². The predicted octanol–water partition coefficient (Wildman–Crippen LogP) is 5.48. The number of thioether (sulfide) groups is 1. The van der Waals surface area contributed by atoms with Gasteiger partial charge in [-0.05, 0) is 35.9 Å². The largest absolute Gasteiger partial charge is 0.345 e. The van der Waals surface area contributed by atoms with Gasteiger partial charge in [-0.25, -0.2) is 0 Å².